The Morgan fingerprint density at radius 2 is 2.50 bits per heavy atom. The van der Waals surface area contributed by atoms with Crippen LogP contribution >= 0.6 is 27.3 Å². The van der Waals surface area contributed by atoms with Gasteiger partial charge in [-0.05, 0) is 24.3 Å². The number of alkyl halides is 1. The second-order valence-corrected chi connectivity index (χ2v) is 5.58. The number of rotatable bonds is 1. The molecule has 1 amide bonds. The summed E-state index contributed by atoms with van der Waals surface area (Å²) in [6, 6.07) is 1.89. The maximum atomic E-state index is 11.9. The number of nitrogens with zero attached hydrogens (tertiary/aromatic N) is 1. The number of carbonyl (C=O) groups excluding carboxylic acids is 1. The molecule has 4 heteroatoms. The lowest BCUT2D eigenvalue weighted by Gasteiger charge is -2.29. The maximum Gasteiger partial charge on any atom is 0.254 e. The fourth-order valence-corrected chi connectivity index (χ4v) is 2.98. The minimum atomic E-state index is 0.176. The molecule has 0 N–H and O–H groups in total. The van der Waals surface area contributed by atoms with Crippen molar-refractivity contribution in [2.75, 3.05) is 13.1 Å². The average Bonchev–Trinajstić information content (AvgIpc) is 2.69. The van der Waals surface area contributed by atoms with Gasteiger partial charge in [-0.1, -0.05) is 15.9 Å². The van der Waals surface area contributed by atoms with Crippen LogP contribution in [0.4, 0.5) is 0 Å². The summed E-state index contributed by atoms with van der Waals surface area (Å²) in [4.78, 5) is 14.3. The molecule has 0 spiro atoms. The predicted octanol–water partition coefficient (Wildman–Crippen LogP) is 2.75. The van der Waals surface area contributed by atoms with Crippen molar-refractivity contribution >= 4 is 33.2 Å². The fraction of sp³-hybridized carbons (Fsp3) is 0.500. The van der Waals surface area contributed by atoms with E-state index in [-0.39, 0.29) is 5.91 Å². The molecule has 1 aliphatic heterocycles. The Morgan fingerprint density at radius 3 is 3.14 bits per heavy atom. The van der Waals surface area contributed by atoms with E-state index in [4.69, 9.17) is 0 Å². The summed E-state index contributed by atoms with van der Waals surface area (Å²) in [5, 5.41) is 3.86. The molecular weight excluding hydrogens is 262 g/mol. The van der Waals surface area contributed by atoms with Crippen molar-refractivity contribution in [2.24, 2.45) is 0 Å². The van der Waals surface area contributed by atoms with Crippen LogP contribution in [0.3, 0.4) is 0 Å². The number of piperidine rings is 1. The highest BCUT2D eigenvalue weighted by atomic mass is 79.9. The van der Waals surface area contributed by atoms with Gasteiger partial charge in [0, 0.05) is 23.3 Å². The van der Waals surface area contributed by atoms with Gasteiger partial charge < -0.3 is 4.90 Å². The van der Waals surface area contributed by atoms with E-state index in [2.05, 4.69) is 15.9 Å². The maximum absolute atomic E-state index is 11.9. The smallest absolute Gasteiger partial charge is 0.254 e. The van der Waals surface area contributed by atoms with Gasteiger partial charge in [-0.2, -0.15) is 11.3 Å². The third-order valence-electron chi connectivity index (χ3n) is 2.42. The topological polar surface area (TPSA) is 20.3 Å². The molecule has 0 aliphatic carbocycles. The quantitative estimate of drug-likeness (QED) is 0.721. The molecule has 0 radical (unpaired) electrons. The van der Waals surface area contributed by atoms with E-state index in [1.807, 2.05) is 21.7 Å². The number of hydrogen-bond donors (Lipinski definition) is 0. The highest BCUT2D eigenvalue weighted by molar-refractivity contribution is 9.09. The van der Waals surface area contributed by atoms with E-state index in [0.29, 0.717) is 4.83 Å². The van der Waals surface area contributed by atoms with E-state index in [9.17, 15) is 4.79 Å². The number of likely N-dealkylation sites (tertiary alicyclic amines) is 1. The minimum Gasteiger partial charge on any atom is -0.338 e. The Morgan fingerprint density at radius 1 is 1.64 bits per heavy atom. The van der Waals surface area contributed by atoms with Crippen LogP contribution in [0.1, 0.15) is 23.2 Å². The summed E-state index contributed by atoms with van der Waals surface area (Å²) in [5.74, 6) is 0.176. The van der Waals surface area contributed by atoms with E-state index < -0.39 is 0 Å². The molecule has 1 fully saturated rings. The van der Waals surface area contributed by atoms with Crippen LogP contribution in [0.15, 0.2) is 16.8 Å². The van der Waals surface area contributed by atoms with E-state index in [0.717, 1.165) is 25.1 Å². The van der Waals surface area contributed by atoms with Crippen molar-refractivity contribution in [3.63, 3.8) is 0 Å². The first-order valence-corrected chi connectivity index (χ1v) is 6.59. The zero-order valence-electron chi connectivity index (χ0n) is 7.78. The van der Waals surface area contributed by atoms with Crippen LogP contribution in [-0.2, 0) is 0 Å². The van der Waals surface area contributed by atoms with Crippen molar-refractivity contribution in [1.82, 2.24) is 4.90 Å². The Labute approximate surface area is 96.0 Å². The molecule has 76 valence electrons. The average molecular weight is 274 g/mol. The zero-order chi connectivity index (χ0) is 9.97. The summed E-state index contributed by atoms with van der Waals surface area (Å²) in [7, 11) is 0. The number of amides is 1. The lowest BCUT2D eigenvalue weighted by molar-refractivity contribution is 0.0730. The Kier molecular flexibility index (Phi) is 3.23. The molecule has 1 atom stereocenters. The summed E-state index contributed by atoms with van der Waals surface area (Å²) in [5.41, 5.74) is 0.830. The van der Waals surface area contributed by atoms with Gasteiger partial charge in [-0.15, -0.1) is 0 Å². The number of carbonyl (C=O) groups is 1. The van der Waals surface area contributed by atoms with Crippen LogP contribution in [0.2, 0.25) is 0 Å². The van der Waals surface area contributed by atoms with Crippen LogP contribution in [-0.4, -0.2) is 28.7 Å². The van der Waals surface area contributed by atoms with Gasteiger partial charge in [0.2, 0.25) is 0 Å². The zero-order valence-corrected chi connectivity index (χ0v) is 10.2. The molecule has 1 saturated heterocycles. The molecule has 1 aromatic heterocycles. The molecule has 0 bridgehead atoms. The highest BCUT2D eigenvalue weighted by Gasteiger charge is 2.22. The standard InChI is InChI=1S/C10H12BrNOS/c11-9-2-1-4-12(6-9)10(13)8-3-5-14-7-8/h3,5,7,9H,1-2,4,6H2. The second kappa shape index (κ2) is 4.45. The van der Waals surface area contributed by atoms with Gasteiger partial charge in [0.25, 0.3) is 5.91 Å². The summed E-state index contributed by atoms with van der Waals surface area (Å²) in [6.45, 7) is 1.74. The predicted molar refractivity (Wildman–Crippen MR) is 62.2 cm³/mol. The first-order valence-electron chi connectivity index (χ1n) is 4.73. The molecule has 1 aromatic rings. The lowest BCUT2D eigenvalue weighted by atomic mass is 10.1. The van der Waals surface area contributed by atoms with Crippen LogP contribution in [0.25, 0.3) is 0 Å². The third-order valence-corrected chi connectivity index (χ3v) is 3.85. The van der Waals surface area contributed by atoms with Gasteiger partial charge >= 0.3 is 0 Å². The van der Waals surface area contributed by atoms with Gasteiger partial charge in [0.05, 0.1) is 5.56 Å². The van der Waals surface area contributed by atoms with Gasteiger partial charge in [-0.25, -0.2) is 0 Å². The monoisotopic (exact) mass is 273 g/mol. The van der Waals surface area contributed by atoms with Crippen LogP contribution < -0.4 is 0 Å². The molecule has 2 heterocycles. The molecule has 0 saturated carbocycles. The molecule has 2 nitrogen and oxygen atoms in total. The van der Waals surface area contributed by atoms with Gasteiger partial charge in [0.15, 0.2) is 0 Å². The molecule has 1 unspecified atom stereocenters. The van der Waals surface area contributed by atoms with Crippen molar-refractivity contribution < 1.29 is 4.79 Å². The SMILES string of the molecule is O=C(c1ccsc1)N1CCCC(Br)C1. The molecule has 1 aliphatic rings. The third kappa shape index (κ3) is 2.17. The fourth-order valence-electron chi connectivity index (χ4n) is 1.68. The Bertz CT molecular complexity index is 312. The van der Waals surface area contributed by atoms with E-state index in [1.165, 1.54) is 6.42 Å². The second-order valence-electron chi connectivity index (χ2n) is 3.50. The van der Waals surface area contributed by atoms with Crippen LogP contribution in [0.5, 0.6) is 0 Å². The number of hydrogen-bond acceptors (Lipinski definition) is 2. The number of thiophene rings is 1. The van der Waals surface area contributed by atoms with Crippen LogP contribution in [0, 0.1) is 0 Å². The molecule has 14 heavy (non-hydrogen) atoms. The van der Waals surface area contributed by atoms with E-state index in [1.54, 1.807) is 11.3 Å². The van der Waals surface area contributed by atoms with Gasteiger partial charge in [-0.3, -0.25) is 4.79 Å². The summed E-state index contributed by atoms with van der Waals surface area (Å²) < 4.78 is 0. The minimum absolute atomic E-state index is 0.176. The Balaban J connectivity index is 2.04. The van der Waals surface area contributed by atoms with Crippen molar-refractivity contribution in [2.45, 2.75) is 17.7 Å². The number of halogens is 1. The first kappa shape index (κ1) is 10.2. The molecule has 0 aromatic carbocycles. The normalized spacial score (nSPS) is 22.4. The van der Waals surface area contributed by atoms with Gasteiger partial charge in [0.1, 0.15) is 0 Å². The van der Waals surface area contributed by atoms with Crippen molar-refractivity contribution in [3.05, 3.63) is 22.4 Å². The lowest BCUT2D eigenvalue weighted by Crippen LogP contribution is -2.40. The largest absolute Gasteiger partial charge is 0.338 e. The van der Waals surface area contributed by atoms with Crippen molar-refractivity contribution in [3.8, 4) is 0 Å². The highest BCUT2D eigenvalue weighted by Crippen LogP contribution is 2.19. The molecular formula is C10H12BrNOS. The first-order chi connectivity index (χ1) is 6.77. The van der Waals surface area contributed by atoms with Crippen molar-refractivity contribution in [1.29, 1.82) is 0 Å². The van der Waals surface area contributed by atoms with E-state index >= 15 is 0 Å². The Hall–Kier alpha value is -0.350. The summed E-state index contributed by atoms with van der Waals surface area (Å²) in [6.07, 6.45) is 2.28. The summed E-state index contributed by atoms with van der Waals surface area (Å²) >= 11 is 5.14. The molecule has 2 rings (SSSR count).